The SMILES string of the molecule is COC(=O)Oc1cccc(C(=O)N(C)c2ccc(C(N)=O)cc2)c1OC(=O)OC. The van der Waals surface area contributed by atoms with Gasteiger partial charge in [0.05, 0.1) is 19.8 Å². The Morgan fingerprint density at radius 1 is 0.862 bits per heavy atom. The summed E-state index contributed by atoms with van der Waals surface area (Å²) in [6, 6.07) is 10.1. The standard InChI is InChI=1S/C19H18N2O8/c1-21(12-9-7-11(8-10-12)16(20)22)17(23)13-5-4-6-14(28-18(24)26-2)15(13)29-19(25)27-3/h4-10H,1-3H3,(H2,20,22). The summed E-state index contributed by atoms with van der Waals surface area (Å²) in [4.78, 5) is 48.5. The molecule has 10 nitrogen and oxygen atoms in total. The summed E-state index contributed by atoms with van der Waals surface area (Å²) in [6.45, 7) is 0. The molecule has 0 aliphatic carbocycles. The molecule has 152 valence electrons. The number of primary amides is 1. The number of amides is 2. The number of hydrogen-bond donors (Lipinski definition) is 1. The zero-order valence-corrected chi connectivity index (χ0v) is 15.8. The Hall–Kier alpha value is -4.08. The average molecular weight is 402 g/mol. The van der Waals surface area contributed by atoms with E-state index in [0.29, 0.717) is 5.69 Å². The van der Waals surface area contributed by atoms with Gasteiger partial charge in [-0.2, -0.15) is 0 Å². The van der Waals surface area contributed by atoms with E-state index in [0.717, 1.165) is 14.2 Å². The highest BCUT2D eigenvalue weighted by Crippen LogP contribution is 2.33. The van der Waals surface area contributed by atoms with Gasteiger partial charge in [-0.1, -0.05) is 6.07 Å². The summed E-state index contributed by atoms with van der Waals surface area (Å²) in [5, 5.41) is 0. The second-order valence-corrected chi connectivity index (χ2v) is 5.52. The molecule has 2 aromatic rings. The van der Waals surface area contributed by atoms with Crippen LogP contribution in [-0.4, -0.2) is 45.4 Å². The van der Waals surface area contributed by atoms with Crippen molar-refractivity contribution in [3.05, 3.63) is 53.6 Å². The van der Waals surface area contributed by atoms with Crippen LogP contribution in [0.2, 0.25) is 0 Å². The normalized spacial score (nSPS) is 9.90. The minimum atomic E-state index is -1.12. The lowest BCUT2D eigenvalue weighted by Gasteiger charge is -2.20. The second-order valence-electron chi connectivity index (χ2n) is 5.52. The molecule has 0 atom stereocenters. The van der Waals surface area contributed by atoms with Crippen LogP contribution >= 0.6 is 0 Å². The number of hydrogen-bond acceptors (Lipinski definition) is 8. The van der Waals surface area contributed by atoms with Crippen LogP contribution in [0.4, 0.5) is 15.3 Å². The zero-order valence-electron chi connectivity index (χ0n) is 15.8. The summed E-state index contributed by atoms with van der Waals surface area (Å²) in [7, 11) is 3.65. The fraction of sp³-hybridized carbons (Fsp3) is 0.158. The summed E-state index contributed by atoms with van der Waals surface area (Å²) in [5.74, 6) is -1.74. The molecule has 0 bridgehead atoms. The maximum Gasteiger partial charge on any atom is 0.513 e. The van der Waals surface area contributed by atoms with Crippen molar-refractivity contribution in [3.63, 3.8) is 0 Å². The molecular formula is C19H18N2O8. The predicted molar refractivity (Wildman–Crippen MR) is 100 cm³/mol. The summed E-state index contributed by atoms with van der Waals surface area (Å²) in [6.07, 6.45) is -2.19. The van der Waals surface area contributed by atoms with Crippen molar-refractivity contribution in [1.82, 2.24) is 0 Å². The summed E-state index contributed by atoms with van der Waals surface area (Å²) < 4.78 is 18.8. The number of nitrogens with two attached hydrogens (primary N) is 1. The number of carbonyl (C=O) groups excluding carboxylic acids is 4. The highest BCUT2D eigenvalue weighted by Gasteiger charge is 2.25. The van der Waals surface area contributed by atoms with Gasteiger partial charge in [0, 0.05) is 18.3 Å². The largest absolute Gasteiger partial charge is 0.513 e. The molecule has 0 aromatic heterocycles. The van der Waals surface area contributed by atoms with Crippen molar-refractivity contribution in [2.24, 2.45) is 5.73 Å². The van der Waals surface area contributed by atoms with E-state index in [9.17, 15) is 19.2 Å². The van der Waals surface area contributed by atoms with Gasteiger partial charge in [0.15, 0.2) is 11.5 Å². The highest BCUT2D eigenvalue weighted by atomic mass is 16.7. The Morgan fingerprint density at radius 2 is 1.45 bits per heavy atom. The van der Waals surface area contributed by atoms with Gasteiger partial charge in [-0.3, -0.25) is 9.59 Å². The molecule has 2 amide bonds. The molecule has 0 radical (unpaired) electrons. The predicted octanol–water partition coefficient (Wildman–Crippen LogP) is 2.35. The monoisotopic (exact) mass is 402 g/mol. The summed E-state index contributed by atoms with van der Waals surface area (Å²) in [5.41, 5.74) is 5.83. The number of carbonyl (C=O) groups is 4. The number of rotatable bonds is 5. The van der Waals surface area contributed by atoms with Crippen LogP contribution < -0.4 is 20.1 Å². The van der Waals surface area contributed by atoms with E-state index in [-0.39, 0.29) is 22.6 Å². The molecule has 10 heteroatoms. The Morgan fingerprint density at radius 3 is 2.00 bits per heavy atom. The van der Waals surface area contributed by atoms with Crippen molar-refractivity contribution in [1.29, 1.82) is 0 Å². The lowest BCUT2D eigenvalue weighted by molar-refractivity contribution is 0.0974. The maximum atomic E-state index is 13.0. The smallest absolute Gasteiger partial charge is 0.437 e. The van der Waals surface area contributed by atoms with Crippen molar-refractivity contribution in [3.8, 4) is 11.5 Å². The molecule has 0 heterocycles. The van der Waals surface area contributed by atoms with Crippen LogP contribution in [0.15, 0.2) is 42.5 Å². The van der Waals surface area contributed by atoms with Gasteiger partial charge in [-0.25, -0.2) is 9.59 Å². The molecule has 0 aliphatic rings. The van der Waals surface area contributed by atoms with Crippen LogP contribution in [0.3, 0.4) is 0 Å². The molecule has 0 spiro atoms. The van der Waals surface area contributed by atoms with Crippen molar-refractivity contribution in [2.75, 3.05) is 26.2 Å². The van der Waals surface area contributed by atoms with Gasteiger partial charge in [-0.15, -0.1) is 0 Å². The maximum absolute atomic E-state index is 13.0. The minimum absolute atomic E-state index is 0.0849. The van der Waals surface area contributed by atoms with Crippen molar-refractivity contribution >= 4 is 29.8 Å². The molecule has 2 N–H and O–H groups in total. The van der Waals surface area contributed by atoms with E-state index in [1.165, 1.54) is 54.4 Å². The third-order valence-electron chi connectivity index (χ3n) is 3.77. The van der Waals surface area contributed by atoms with Gasteiger partial charge < -0.3 is 29.6 Å². The number of nitrogens with zero attached hydrogens (tertiary/aromatic N) is 1. The Balaban J connectivity index is 2.43. The van der Waals surface area contributed by atoms with Gasteiger partial charge in [0.25, 0.3) is 5.91 Å². The van der Waals surface area contributed by atoms with Crippen LogP contribution in [0, 0.1) is 0 Å². The number of para-hydroxylation sites is 1. The number of benzene rings is 2. The first-order valence-electron chi connectivity index (χ1n) is 8.11. The van der Waals surface area contributed by atoms with Crippen LogP contribution in [0.25, 0.3) is 0 Å². The first-order chi connectivity index (χ1) is 13.8. The fourth-order valence-corrected chi connectivity index (χ4v) is 2.27. The number of anilines is 1. The van der Waals surface area contributed by atoms with E-state index in [2.05, 4.69) is 9.47 Å². The molecule has 0 saturated heterocycles. The molecule has 2 rings (SSSR count). The third kappa shape index (κ3) is 5.01. The molecule has 0 unspecified atom stereocenters. The lowest BCUT2D eigenvalue weighted by atomic mass is 10.1. The Labute approximate surface area is 165 Å². The van der Waals surface area contributed by atoms with Crippen LogP contribution in [0.5, 0.6) is 11.5 Å². The Kier molecular flexibility index (Phi) is 6.75. The van der Waals surface area contributed by atoms with Crippen LogP contribution in [0.1, 0.15) is 20.7 Å². The lowest BCUT2D eigenvalue weighted by Crippen LogP contribution is -2.27. The number of methoxy groups -OCH3 is 2. The van der Waals surface area contributed by atoms with Gasteiger partial charge in [0.2, 0.25) is 5.91 Å². The van der Waals surface area contributed by atoms with E-state index < -0.39 is 24.1 Å². The molecule has 2 aromatic carbocycles. The zero-order chi connectivity index (χ0) is 21.6. The highest BCUT2D eigenvalue weighted by molar-refractivity contribution is 6.08. The molecule has 0 saturated carbocycles. The quantitative estimate of drug-likeness (QED) is 0.595. The molecular weight excluding hydrogens is 384 g/mol. The fourth-order valence-electron chi connectivity index (χ4n) is 2.27. The first kappa shape index (κ1) is 21.2. The topological polar surface area (TPSA) is 134 Å². The third-order valence-corrected chi connectivity index (χ3v) is 3.77. The molecule has 29 heavy (non-hydrogen) atoms. The second kappa shape index (κ2) is 9.22. The van der Waals surface area contributed by atoms with Crippen molar-refractivity contribution < 1.29 is 38.1 Å². The summed E-state index contributed by atoms with van der Waals surface area (Å²) >= 11 is 0. The average Bonchev–Trinajstić information content (AvgIpc) is 2.73. The molecule has 0 fully saturated rings. The first-order valence-corrected chi connectivity index (χ1v) is 8.11. The van der Waals surface area contributed by atoms with Gasteiger partial charge in [0.1, 0.15) is 0 Å². The van der Waals surface area contributed by atoms with Gasteiger partial charge >= 0.3 is 12.3 Å². The van der Waals surface area contributed by atoms with E-state index in [4.69, 9.17) is 15.2 Å². The van der Waals surface area contributed by atoms with E-state index in [1.54, 1.807) is 0 Å². The minimum Gasteiger partial charge on any atom is -0.437 e. The van der Waals surface area contributed by atoms with Crippen LogP contribution in [-0.2, 0) is 9.47 Å². The Bertz CT molecular complexity index is 940. The van der Waals surface area contributed by atoms with E-state index >= 15 is 0 Å². The number of ether oxygens (including phenoxy) is 4. The molecule has 0 aliphatic heterocycles. The van der Waals surface area contributed by atoms with Crippen molar-refractivity contribution in [2.45, 2.75) is 0 Å². The van der Waals surface area contributed by atoms with E-state index in [1.807, 2.05) is 0 Å². The van der Waals surface area contributed by atoms with Gasteiger partial charge in [-0.05, 0) is 36.4 Å².